The lowest BCUT2D eigenvalue weighted by Gasteiger charge is -2.00. The van der Waals surface area contributed by atoms with Crippen molar-refractivity contribution in [2.45, 2.75) is 0 Å². The summed E-state index contributed by atoms with van der Waals surface area (Å²) in [6.45, 7) is 0. The number of methoxy groups -OCH3 is 1. The lowest BCUT2D eigenvalue weighted by molar-refractivity contribution is -0.385. The molecule has 0 amide bonds. The number of benzene rings is 1. The molecule has 1 rings (SSSR count). The fourth-order valence-electron chi connectivity index (χ4n) is 0.780. The van der Waals surface area contributed by atoms with E-state index in [4.69, 9.17) is 28.3 Å². The molecule has 0 heterocycles. The molecule has 0 saturated carbocycles. The van der Waals surface area contributed by atoms with E-state index in [1.54, 1.807) is 0 Å². The Morgan fingerprint density at radius 3 is 2.47 bits per heavy atom. The summed E-state index contributed by atoms with van der Waals surface area (Å²) in [6.07, 6.45) is 0. The molecule has 0 radical (unpaired) electrons. The zero-order valence-corrected chi connectivity index (χ0v) is 9.33. The number of aromatic hydroxyl groups is 1. The van der Waals surface area contributed by atoms with Gasteiger partial charge in [-0.15, -0.1) is 23.2 Å². The summed E-state index contributed by atoms with van der Waals surface area (Å²) in [4.78, 5) is 9.70. The summed E-state index contributed by atoms with van der Waals surface area (Å²) in [5.41, 5.74) is -0.107. The number of alkyl halides is 2. The summed E-state index contributed by atoms with van der Waals surface area (Å²) in [7, 11) is 1.33. The molecule has 1 N–H and O–H groups in total. The van der Waals surface area contributed by atoms with Crippen molar-refractivity contribution < 1.29 is 14.8 Å². The lowest BCUT2D eigenvalue weighted by Crippen LogP contribution is -1.89. The van der Waals surface area contributed by atoms with Gasteiger partial charge in [-0.05, 0) is 6.07 Å². The monoisotopic (exact) mass is 253 g/mol. The van der Waals surface area contributed by atoms with Crippen LogP contribution in [-0.2, 0) is 0 Å². The Kier molecular flexibility index (Phi) is 6.57. The molecular weight excluding hydrogens is 245 g/mol. The molecule has 0 saturated heterocycles. The van der Waals surface area contributed by atoms with Crippen LogP contribution in [0, 0.1) is 10.1 Å². The van der Waals surface area contributed by atoms with Gasteiger partial charge in [0.1, 0.15) is 0 Å². The zero-order valence-electron chi connectivity index (χ0n) is 7.81. The van der Waals surface area contributed by atoms with Crippen molar-refractivity contribution in [3.8, 4) is 11.5 Å². The van der Waals surface area contributed by atoms with Crippen LogP contribution in [0.25, 0.3) is 0 Å². The molecule has 1 aromatic carbocycles. The van der Waals surface area contributed by atoms with Crippen molar-refractivity contribution in [2.75, 3.05) is 12.4 Å². The average Bonchev–Trinajstić information content (AvgIpc) is 2.19. The van der Waals surface area contributed by atoms with E-state index in [0.717, 1.165) is 6.07 Å². The molecule has 0 aromatic heterocycles. The maximum atomic E-state index is 10.2. The molecule has 0 unspecified atom stereocenters. The molecule has 0 fully saturated rings. The maximum Gasteiger partial charge on any atom is 0.273 e. The number of halogens is 2. The molecule has 15 heavy (non-hydrogen) atoms. The highest BCUT2D eigenvalue weighted by atomic mass is 35.5. The van der Waals surface area contributed by atoms with Crippen molar-refractivity contribution >= 4 is 28.9 Å². The second kappa shape index (κ2) is 7.14. The first-order valence-corrected chi connectivity index (χ1v) is 4.77. The molecule has 0 aliphatic carbocycles. The van der Waals surface area contributed by atoms with Gasteiger partial charge in [0.15, 0.2) is 11.5 Å². The normalized spacial score (nSPS) is 8.73. The Morgan fingerprint density at radius 2 is 2.07 bits per heavy atom. The third-order valence-electron chi connectivity index (χ3n) is 1.37. The van der Waals surface area contributed by atoms with Crippen molar-refractivity contribution in [2.24, 2.45) is 0 Å². The Balaban J connectivity index is 0.000000583. The van der Waals surface area contributed by atoms with Crippen LogP contribution in [0.15, 0.2) is 18.2 Å². The van der Waals surface area contributed by atoms with E-state index in [9.17, 15) is 10.1 Å². The standard InChI is InChI=1S/C7H7NO4.CH2Cl2/c1-12-7-4-5(8(10)11)2-3-6(7)9;2-1-3/h2-4,9H,1H3;1H2. The number of rotatable bonds is 2. The SMILES string of the molecule is COc1cc([N+](=O)[O-])ccc1O.ClCCl. The van der Waals surface area contributed by atoms with Gasteiger partial charge in [-0.3, -0.25) is 10.1 Å². The summed E-state index contributed by atoms with van der Waals surface area (Å²) in [5.74, 6) is -0.00713. The molecule has 0 atom stereocenters. The first-order valence-electron chi connectivity index (χ1n) is 3.70. The van der Waals surface area contributed by atoms with Crippen LogP contribution in [0.1, 0.15) is 0 Å². The van der Waals surface area contributed by atoms with Crippen LogP contribution in [-0.4, -0.2) is 22.5 Å². The van der Waals surface area contributed by atoms with Gasteiger partial charge in [-0.2, -0.15) is 0 Å². The van der Waals surface area contributed by atoms with Gasteiger partial charge in [-0.25, -0.2) is 0 Å². The molecule has 0 aliphatic heterocycles. The van der Waals surface area contributed by atoms with E-state index in [1.807, 2.05) is 0 Å². The minimum atomic E-state index is -0.554. The van der Waals surface area contributed by atoms with Gasteiger partial charge < -0.3 is 9.84 Å². The Hall–Kier alpha value is -1.20. The zero-order chi connectivity index (χ0) is 11.8. The van der Waals surface area contributed by atoms with Gasteiger partial charge >= 0.3 is 0 Å². The molecule has 0 aliphatic rings. The van der Waals surface area contributed by atoms with Gasteiger partial charge in [-0.1, -0.05) is 0 Å². The van der Waals surface area contributed by atoms with Gasteiger partial charge in [0, 0.05) is 6.07 Å². The summed E-state index contributed by atoms with van der Waals surface area (Å²) in [6, 6.07) is 3.59. The average molecular weight is 254 g/mol. The minimum Gasteiger partial charge on any atom is -0.504 e. The first kappa shape index (κ1) is 13.8. The van der Waals surface area contributed by atoms with Crippen LogP contribution in [0.5, 0.6) is 11.5 Å². The number of hydrogen-bond donors (Lipinski definition) is 1. The van der Waals surface area contributed by atoms with Crippen LogP contribution >= 0.6 is 23.2 Å². The highest BCUT2D eigenvalue weighted by Gasteiger charge is 2.09. The van der Waals surface area contributed by atoms with Crippen LogP contribution < -0.4 is 4.74 Å². The van der Waals surface area contributed by atoms with Crippen molar-refractivity contribution in [1.29, 1.82) is 0 Å². The third kappa shape index (κ3) is 4.71. The molecule has 1 aromatic rings. The van der Waals surface area contributed by atoms with Gasteiger partial charge in [0.05, 0.1) is 23.4 Å². The topological polar surface area (TPSA) is 72.6 Å². The van der Waals surface area contributed by atoms with Crippen LogP contribution in [0.4, 0.5) is 5.69 Å². The van der Waals surface area contributed by atoms with E-state index in [-0.39, 0.29) is 22.5 Å². The lowest BCUT2D eigenvalue weighted by atomic mass is 10.3. The second-order valence-electron chi connectivity index (χ2n) is 2.21. The fourth-order valence-corrected chi connectivity index (χ4v) is 0.780. The van der Waals surface area contributed by atoms with Crippen LogP contribution in [0.3, 0.4) is 0 Å². The predicted octanol–water partition coefficient (Wildman–Crippen LogP) is 2.73. The second-order valence-corrected chi connectivity index (χ2v) is 3.02. The summed E-state index contributed by atoms with van der Waals surface area (Å²) < 4.78 is 4.68. The molecule has 7 heteroatoms. The Labute approximate surface area is 96.3 Å². The summed E-state index contributed by atoms with van der Waals surface area (Å²) in [5, 5.41) is 19.5. The Bertz CT molecular complexity index is 332. The highest BCUT2D eigenvalue weighted by molar-refractivity contribution is 6.40. The quantitative estimate of drug-likeness (QED) is 0.500. The maximum absolute atomic E-state index is 10.2. The number of nitrogens with zero attached hydrogens (tertiary/aromatic N) is 1. The van der Waals surface area contributed by atoms with Crippen molar-refractivity contribution in [3.63, 3.8) is 0 Å². The van der Waals surface area contributed by atoms with Crippen LogP contribution in [0.2, 0.25) is 0 Å². The first-order chi connectivity index (χ1) is 7.06. The van der Waals surface area contributed by atoms with E-state index < -0.39 is 4.92 Å². The molecular formula is C8H9Cl2NO4. The Morgan fingerprint density at radius 1 is 1.53 bits per heavy atom. The fraction of sp³-hybridized carbons (Fsp3) is 0.250. The smallest absolute Gasteiger partial charge is 0.273 e. The number of nitro benzene ring substituents is 1. The van der Waals surface area contributed by atoms with E-state index in [0.29, 0.717) is 0 Å². The number of hydrogen-bond acceptors (Lipinski definition) is 4. The number of non-ortho nitro benzene ring substituents is 1. The predicted molar refractivity (Wildman–Crippen MR) is 57.9 cm³/mol. The van der Waals surface area contributed by atoms with Crippen molar-refractivity contribution in [3.05, 3.63) is 28.3 Å². The van der Waals surface area contributed by atoms with E-state index >= 15 is 0 Å². The van der Waals surface area contributed by atoms with Gasteiger partial charge in [0.2, 0.25) is 0 Å². The number of phenolic OH excluding ortho intramolecular Hbond substituents is 1. The highest BCUT2D eigenvalue weighted by Crippen LogP contribution is 2.29. The molecule has 0 spiro atoms. The number of phenols is 1. The van der Waals surface area contributed by atoms with Gasteiger partial charge in [0.25, 0.3) is 5.69 Å². The van der Waals surface area contributed by atoms with Crippen molar-refractivity contribution in [1.82, 2.24) is 0 Å². The third-order valence-corrected chi connectivity index (χ3v) is 1.37. The summed E-state index contributed by atoms with van der Waals surface area (Å²) >= 11 is 9.53. The number of nitro groups is 1. The molecule has 5 nitrogen and oxygen atoms in total. The number of ether oxygens (including phenoxy) is 1. The molecule has 84 valence electrons. The largest absolute Gasteiger partial charge is 0.504 e. The van der Waals surface area contributed by atoms with E-state index in [2.05, 4.69) is 4.74 Å². The molecule has 0 bridgehead atoms. The minimum absolute atomic E-state index is 0.101. The van der Waals surface area contributed by atoms with E-state index in [1.165, 1.54) is 19.2 Å².